The highest BCUT2D eigenvalue weighted by Crippen LogP contribution is 2.42. The molecule has 5 nitrogen and oxygen atoms in total. The fraction of sp³-hybridized carbons (Fsp3) is 0.588. The minimum atomic E-state index is -3.16. The van der Waals surface area contributed by atoms with Crippen molar-refractivity contribution in [3.63, 3.8) is 0 Å². The van der Waals surface area contributed by atoms with Gasteiger partial charge >= 0.3 is 0 Å². The summed E-state index contributed by atoms with van der Waals surface area (Å²) in [6.07, 6.45) is 2.92. The molecular formula is C17H20ClNO4S. The maximum atomic E-state index is 12.5. The van der Waals surface area contributed by atoms with Gasteiger partial charge in [0.05, 0.1) is 17.2 Å². The van der Waals surface area contributed by atoms with Gasteiger partial charge in [0, 0.05) is 31.0 Å². The van der Waals surface area contributed by atoms with E-state index in [0.29, 0.717) is 42.3 Å². The second kappa shape index (κ2) is 5.44. The number of ether oxygens (including phenoxy) is 1. The van der Waals surface area contributed by atoms with Crippen LogP contribution in [0.25, 0.3) is 0 Å². The van der Waals surface area contributed by atoms with Crippen LogP contribution >= 0.6 is 11.6 Å². The van der Waals surface area contributed by atoms with Crippen molar-refractivity contribution in [2.45, 2.75) is 49.9 Å². The standard InChI is InChI=1S/C17H20ClNO4S/c1-11-8-16-13(9-14(11)18)15(20)10-17(23-16)4-6-19(7-5-17)24(21,22)12-2-3-12/h8-9,12H,2-7,10H2,1H3. The maximum absolute atomic E-state index is 12.5. The van der Waals surface area contributed by atoms with Crippen molar-refractivity contribution in [1.82, 2.24) is 4.31 Å². The van der Waals surface area contributed by atoms with E-state index in [1.54, 1.807) is 10.4 Å². The van der Waals surface area contributed by atoms with Gasteiger partial charge in [0.2, 0.25) is 10.0 Å². The van der Waals surface area contributed by atoms with Crippen LogP contribution in [0.1, 0.15) is 48.0 Å². The molecule has 7 heteroatoms. The maximum Gasteiger partial charge on any atom is 0.216 e. The fourth-order valence-electron chi connectivity index (χ4n) is 3.62. The molecule has 130 valence electrons. The summed E-state index contributed by atoms with van der Waals surface area (Å²) in [4.78, 5) is 12.5. The molecular weight excluding hydrogens is 350 g/mol. The van der Waals surface area contributed by atoms with Gasteiger partial charge in [0.15, 0.2) is 5.78 Å². The number of carbonyl (C=O) groups excluding carboxylic acids is 1. The zero-order chi connectivity index (χ0) is 17.1. The quantitative estimate of drug-likeness (QED) is 0.804. The molecule has 0 atom stereocenters. The van der Waals surface area contributed by atoms with Gasteiger partial charge in [-0.15, -0.1) is 0 Å². The summed E-state index contributed by atoms with van der Waals surface area (Å²) in [6.45, 7) is 2.73. The van der Waals surface area contributed by atoms with E-state index in [4.69, 9.17) is 16.3 Å². The lowest BCUT2D eigenvalue weighted by Crippen LogP contribution is -2.52. The van der Waals surface area contributed by atoms with Crippen LogP contribution in [0.15, 0.2) is 12.1 Å². The largest absolute Gasteiger partial charge is 0.486 e. The van der Waals surface area contributed by atoms with Gasteiger partial charge in [-0.25, -0.2) is 12.7 Å². The van der Waals surface area contributed by atoms with Crippen LogP contribution in [-0.4, -0.2) is 42.4 Å². The van der Waals surface area contributed by atoms with Crippen LogP contribution in [0.2, 0.25) is 5.02 Å². The van der Waals surface area contributed by atoms with Crippen LogP contribution in [0.3, 0.4) is 0 Å². The number of carbonyl (C=O) groups is 1. The highest BCUT2D eigenvalue weighted by molar-refractivity contribution is 7.90. The highest BCUT2D eigenvalue weighted by Gasteiger charge is 2.47. The van der Waals surface area contributed by atoms with Crippen molar-refractivity contribution < 1.29 is 17.9 Å². The van der Waals surface area contributed by atoms with Crippen molar-refractivity contribution in [3.05, 3.63) is 28.3 Å². The Morgan fingerprint density at radius 1 is 1.25 bits per heavy atom. The number of hydrogen-bond acceptors (Lipinski definition) is 4. The first kappa shape index (κ1) is 16.4. The molecule has 1 saturated heterocycles. The average Bonchev–Trinajstić information content (AvgIpc) is 3.35. The molecule has 1 aromatic rings. The normalized spacial score (nSPS) is 23.8. The first-order chi connectivity index (χ1) is 11.3. The number of aryl methyl sites for hydroxylation is 1. The third-order valence-electron chi connectivity index (χ3n) is 5.31. The topological polar surface area (TPSA) is 63.7 Å². The molecule has 1 saturated carbocycles. The molecule has 3 aliphatic rings. The van der Waals surface area contributed by atoms with Crippen LogP contribution in [0.5, 0.6) is 5.75 Å². The number of Topliss-reactive ketones (excluding diaryl/α,β-unsaturated/α-hetero) is 1. The van der Waals surface area contributed by atoms with Crippen molar-refractivity contribution >= 4 is 27.4 Å². The highest BCUT2D eigenvalue weighted by atomic mass is 35.5. The number of rotatable bonds is 2. The number of nitrogens with zero attached hydrogens (tertiary/aromatic N) is 1. The lowest BCUT2D eigenvalue weighted by atomic mass is 9.83. The zero-order valence-electron chi connectivity index (χ0n) is 13.5. The minimum absolute atomic E-state index is 0.0247. The molecule has 2 heterocycles. The van der Waals surface area contributed by atoms with Gasteiger partial charge in [0.25, 0.3) is 0 Å². The van der Waals surface area contributed by atoms with E-state index in [1.807, 2.05) is 13.0 Å². The smallest absolute Gasteiger partial charge is 0.216 e. The summed E-state index contributed by atoms with van der Waals surface area (Å²) in [7, 11) is -3.16. The Balaban J connectivity index is 1.56. The lowest BCUT2D eigenvalue weighted by molar-refractivity contribution is 0.00585. The summed E-state index contributed by atoms with van der Waals surface area (Å²) in [5.74, 6) is 0.600. The first-order valence-electron chi connectivity index (χ1n) is 8.32. The first-order valence-corrected chi connectivity index (χ1v) is 10.2. The molecule has 1 aromatic carbocycles. The van der Waals surface area contributed by atoms with E-state index in [1.165, 1.54) is 0 Å². The van der Waals surface area contributed by atoms with Gasteiger partial charge in [-0.1, -0.05) is 11.6 Å². The third kappa shape index (κ3) is 2.65. The molecule has 0 unspecified atom stereocenters. The molecule has 1 spiro atoms. The number of ketones is 1. The number of benzene rings is 1. The third-order valence-corrected chi connectivity index (χ3v) is 8.12. The zero-order valence-corrected chi connectivity index (χ0v) is 15.1. The predicted octanol–water partition coefficient (Wildman–Crippen LogP) is 2.94. The van der Waals surface area contributed by atoms with E-state index < -0.39 is 15.6 Å². The number of sulfonamides is 1. The van der Waals surface area contributed by atoms with E-state index in [2.05, 4.69) is 0 Å². The lowest BCUT2D eigenvalue weighted by Gasteiger charge is -2.43. The Labute approximate surface area is 147 Å². The summed E-state index contributed by atoms with van der Waals surface area (Å²) in [6, 6.07) is 3.48. The minimum Gasteiger partial charge on any atom is -0.486 e. The van der Waals surface area contributed by atoms with Gasteiger partial charge in [-0.3, -0.25) is 4.79 Å². The molecule has 1 aliphatic carbocycles. The average molecular weight is 370 g/mol. The number of halogens is 1. The summed E-state index contributed by atoms with van der Waals surface area (Å²) in [5.41, 5.74) is 0.818. The van der Waals surface area contributed by atoms with Gasteiger partial charge < -0.3 is 4.74 Å². The second-order valence-corrected chi connectivity index (χ2v) is 9.75. The van der Waals surface area contributed by atoms with Crippen molar-refractivity contribution in [1.29, 1.82) is 0 Å². The van der Waals surface area contributed by atoms with Crippen molar-refractivity contribution in [2.75, 3.05) is 13.1 Å². The fourth-order valence-corrected chi connectivity index (χ4v) is 5.63. The van der Waals surface area contributed by atoms with E-state index in [0.717, 1.165) is 18.4 Å². The predicted molar refractivity (Wildman–Crippen MR) is 91.2 cm³/mol. The molecule has 2 fully saturated rings. The van der Waals surface area contributed by atoms with Crippen molar-refractivity contribution in [3.8, 4) is 5.75 Å². The molecule has 0 bridgehead atoms. The van der Waals surface area contributed by atoms with Gasteiger partial charge in [-0.05, 0) is 37.5 Å². The Morgan fingerprint density at radius 2 is 1.92 bits per heavy atom. The Hall–Kier alpha value is -1.11. The summed E-state index contributed by atoms with van der Waals surface area (Å²) < 4.78 is 32.5. The molecule has 0 N–H and O–H groups in total. The van der Waals surface area contributed by atoms with Crippen LogP contribution in [0, 0.1) is 6.92 Å². The number of hydrogen-bond donors (Lipinski definition) is 0. The second-order valence-electron chi connectivity index (χ2n) is 7.13. The van der Waals surface area contributed by atoms with E-state index in [9.17, 15) is 13.2 Å². The van der Waals surface area contributed by atoms with Crippen LogP contribution in [-0.2, 0) is 10.0 Å². The SMILES string of the molecule is Cc1cc2c(cc1Cl)C(=O)CC1(CCN(S(=O)(=O)C3CC3)CC1)O2. The van der Waals surface area contributed by atoms with E-state index >= 15 is 0 Å². The number of fused-ring (bicyclic) bond motifs is 1. The van der Waals surface area contributed by atoms with E-state index in [-0.39, 0.29) is 17.5 Å². The molecule has 4 rings (SSSR count). The van der Waals surface area contributed by atoms with Crippen LogP contribution < -0.4 is 4.74 Å². The van der Waals surface area contributed by atoms with Crippen LogP contribution in [0.4, 0.5) is 0 Å². The van der Waals surface area contributed by atoms with Gasteiger partial charge in [0.1, 0.15) is 11.4 Å². The molecule has 0 radical (unpaired) electrons. The molecule has 2 aliphatic heterocycles. The Kier molecular flexibility index (Phi) is 3.71. The summed E-state index contributed by atoms with van der Waals surface area (Å²) in [5, 5.41) is 0.373. The Morgan fingerprint density at radius 3 is 2.54 bits per heavy atom. The summed E-state index contributed by atoms with van der Waals surface area (Å²) >= 11 is 6.11. The molecule has 0 amide bonds. The monoisotopic (exact) mass is 369 g/mol. The number of piperidine rings is 1. The Bertz CT molecular complexity index is 808. The van der Waals surface area contributed by atoms with Gasteiger partial charge in [-0.2, -0.15) is 0 Å². The molecule has 0 aromatic heterocycles. The molecule has 24 heavy (non-hydrogen) atoms. The van der Waals surface area contributed by atoms with Crippen molar-refractivity contribution in [2.24, 2.45) is 0 Å².